The van der Waals surface area contributed by atoms with E-state index in [-0.39, 0.29) is 13.2 Å². The summed E-state index contributed by atoms with van der Waals surface area (Å²) in [6.45, 7) is 1.40. The van der Waals surface area contributed by atoms with Gasteiger partial charge in [0.05, 0.1) is 18.8 Å². The summed E-state index contributed by atoms with van der Waals surface area (Å²) in [5.41, 5.74) is -2.10. The molecule has 7 heteroatoms. The minimum Gasteiger partial charge on any atom is -0.394 e. The van der Waals surface area contributed by atoms with E-state index in [1.807, 2.05) is 0 Å². The number of aromatic nitrogens is 2. The number of nitrogens with zero attached hydrogens (tertiary/aromatic N) is 1. The predicted octanol–water partition coefficient (Wildman–Crippen LogP) is -2.00. The van der Waals surface area contributed by atoms with Gasteiger partial charge in [0.2, 0.25) is 0 Å². The van der Waals surface area contributed by atoms with Crippen LogP contribution in [0.15, 0.2) is 21.9 Å². The fraction of sp³-hybridized carbons (Fsp3) is 0.600. The van der Waals surface area contributed by atoms with Gasteiger partial charge in [0.15, 0.2) is 0 Å². The number of aromatic amines is 1. The van der Waals surface area contributed by atoms with Gasteiger partial charge in [-0.15, -0.1) is 0 Å². The lowest BCUT2D eigenvalue weighted by atomic mass is 9.94. The molecule has 0 spiro atoms. The quantitative estimate of drug-likeness (QED) is 0.556. The van der Waals surface area contributed by atoms with E-state index in [9.17, 15) is 14.7 Å². The first-order chi connectivity index (χ1) is 7.99. The standard InChI is InChI=1S/C10H14N2O5/c1-10(5-17-6(4-13)8(10)15)12-3-2-7(14)11-9(12)16/h2-3,6,8,13,15H,4-5H2,1H3,(H,11,14,16). The van der Waals surface area contributed by atoms with Gasteiger partial charge in [-0.05, 0) is 6.92 Å². The van der Waals surface area contributed by atoms with Crippen LogP contribution < -0.4 is 11.2 Å². The zero-order valence-corrected chi connectivity index (χ0v) is 9.29. The van der Waals surface area contributed by atoms with Crippen molar-refractivity contribution in [3.8, 4) is 0 Å². The third kappa shape index (κ3) is 1.82. The third-order valence-electron chi connectivity index (χ3n) is 3.13. The van der Waals surface area contributed by atoms with Crippen molar-refractivity contribution in [3.63, 3.8) is 0 Å². The SMILES string of the molecule is CC1(n2ccc(=O)[nH]c2=O)COC(CO)C1O. The normalized spacial score (nSPS) is 32.9. The number of rotatable bonds is 2. The minimum absolute atomic E-state index is 0.0886. The summed E-state index contributed by atoms with van der Waals surface area (Å²) in [6, 6.07) is 1.20. The van der Waals surface area contributed by atoms with E-state index in [2.05, 4.69) is 4.98 Å². The van der Waals surface area contributed by atoms with Gasteiger partial charge in [0.1, 0.15) is 12.2 Å². The first kappa shape index (κ1) is 12.0. The van der Waals surface area contributed by atoms with Gasteiger partial charge in [-0.3, -0.25) is 14.3 Å². The molecule has 0 amide bonds. The van der Waals surface area contributed by atoms with Crippen molar-refractivity contribution < 1.29 is 14.9 Å². The molecular formula is C10H14N2O5. The van der Waals surface area contributed by atoms with Crippen molar-refractivity contribution in [1.82, 2.24) is 9.55 Å². The first-order valence-electron chi connectivity index (χ1n) is 5.22. The van der Waals surface area contributed by atoms with E-state index >= 15 is 0 Å². The molecule has 7 nitrogen and oxygen atoms in total. The van der Waals surface area contributed by atoms with Gasteiger partial charge in [0.25, 0.3) is 5.56 Å². The number of hydrogen-bond donors (Lipinski definition) is 3. The molecule has 1 saturated heterocycles. The van der Waals surface area contributed by atoms with Crippen LogP contribution in [0, 0.1) is 0 Å². The maximum atomic E-state index is 11.7. The second-order valence-corrected chi connectivity index (χ2v) is 4.31. The molecule has 3 atom stereocenters. The highest BCUT2D eigenvalue weighted by Gasteiger charge is 2.47. The van der Waals surface area contributed by atoms with Crippen molar-refractivity contribution >= 4 is 0 Å². The molecule has 0 bridgehead atoms. The molecule has 0 aliphatic carbocycles. The Morgan fingerprint density at radius 2 is 2.35 bits per heavy atom. The van der Waals surface area contributed by atoms with Crippen LogP contribution in [-0.4, -0.2) is 45.2 Å². The Kier molecular flexibility index (Phi) is 2.90. The maximum absolute atomic E-state index is 11.7. The van der Waals surface area contributed by atoms with Gasteiger partial charge >= 0.3 is 5.69 Å². The zero-order chi connectivity index (χ0) is 12.6. The van der Waals surface area contributed by atoms with Gasteiger partial charge in [-0.2, -0.15) is 0 Å². The fourth-order valence-electron chi connectivity index (χ4n) is 2.04. The highest BCUT2D eigenvalue weighted by molar-refractivity contribution is 5.01. The summed E-state index contributed by atoms with van der Waals surface area (Å²) < 4.78 is 6.43. The van der Waals surface area contributed by atoms with Gasteiger partial charge in [-0.25, -0.2) is 4.79 Å². The van der Waals surface area contributed by atoms with Crippen LogP contribution in [-0.2, 0) is 10.3 Å². The lowest BCUT2D eigenvalue weighted by Gasteiger charge is -2.29. The average molecular weight is 242 g/mol. The van der Waals surface area contributed by atoms with E-state index in [0.717, 1.165) is 0 Å². The molecule has 1 aliphatic heterocycles. The molecule has 1 fully saturated rings. The van der Waals surface area contributed by atoms with Crippen LogP contribution in [0.2, 0.25) is 0 Å². The average Bonchev–Trinajstić information content (AvgIpc) is 2.56. The number of hydrogen-bond acceptors (Lipinski definition) is 5. The second kappa shape index (κ2) is 4.10. The Bertz CT molecular complexity index is 522. The summed E-state index contributed by atoms with van der Waals surface area (Å²) in [7, 11) is 0. The zero-order valence-electron chi connectivity index (χ0n) is 9.29. The van der Waals surface area contributed by atoms with Crippen molar-refractivity contribution in [1.29, 1.82) is 0 Å². The lowest BCUT2D eigenvalue weighted by Crippen LogP contribution is -2.50. The topological polar surface area (TPSA) is 105 Å². The number of nitrogens with one attached hydrogen (secondary N) is 1. The van der Waals surface area contributed by atoms with Crippen molar-refractivity contribution in [3.05, 3.63) is 33.1 Å². The molecule has 94 valence electrons. The van der Waals surface area contributed by atoms with Gasteiger partial charge in [-0.1, -0.05) is 0 Å². The van der Waals surface area contributed by atoms with E-state index in [1.165, 1.54) is 16.8 Å². The first-order valence-corrected chi connectivity index (χ1v) is 5.22. The monoisotopic (exact) mass is 242 g/mol. The van der Waals surface area contributed by atoms with Crippen molar-refractivity contribution in [2.24, 2.45) is 0 Å². The number of H-pyrrole nitrogens is 1. The lowest BCUT2D eigenvalue weighted by molar-refractivity contribution is -0.00353. The van der Waals surface area contributed by atoms with Crippen LogP contribution >= 0.6 is 0 Å². The summed E-state index contributed by atoms with van der Waals surface area (Å²) in [4.78, 5) is 24.7. The Hall–Kier alpha value is -1.44. The van der Waals surface area contributed by atoms with Crippen LogP contribution in [0.3, 0.4) is 0 Å². The molecule has 0 aromatic carbocycles. The fourth-order valence-corrected chi connectivity index (χ4v) is 2.04. The Morgan fingerprint density at radius 1 is 1.65 bits per heavy atom. The summed E-state index contributed by atoms with van der Waals surface area (Å²) >= 11 is 0. The maximum Gasteiger partial charge on any atom is 0.328 e. The smallest absolute Gasteiger partial charge is 0.328 e. The van der Waals surface area contributed by atoms with E-state index in [1.54, 1.807) is 6.92 Å². The molecule has 0 saturated carbocycles. The number of aliphatic hydroxyl groups is 2. The predicted molar refractivity (Wildman–Crippen MR) is 57.8 cm³/mol. The van der Waals surface area contributed by atoms with Gasteiger partial charge < -0.3 is 14.9 Å². The summed E-state index contributed by atoms with van der Waals surface area (Å²) in [5, 5.41) is 19.0. The van der Waals surface area contributed by atoms with Crippen LogP contribution in [0.25, 0.3) is 0 Å². The largest absolute Gasteiger partial charge is 0.394 e. The molecular weight excluding hydrogens is 228 g/mol. The summed E-state index contributed by atoms with van der Waals surface area (Å²) in [6.07, 6.45) is -0.428. The molecule has 2 heterocycles. The highest BCUT2D eigenvalue weighted by atomic mass is 16.5. The van der Waals surface area contributed by atoms with E-state index in [4.69, 9.17) is 9.84 Å². The highest BCUT2D eigenvalue weighted by Crippen LogP contribution is 2.29. The Balaban J connectivity index is 2.46. The molecule has 17 heavy (non-hydrogen) atoms. The third-order valence-corrected chi connectivity index (χ3v) is 3.13. The number of aliphatic hydroxyl groups excluding tert-OH is 2. The molecule has 3 unspecified atom stereocenters. The van der Waals surface area contributed by atoms with Gasteiger partial charge in [0, 0.05) is 12.3 Å². The number of ether oxygens (including phenoxy) is 1. The van der Waals surface area contributed by atoms with Crippen molar-refractivity contribution in [2.45, 2.75) is 24.7 Å². The van der Waals surface area contributed by atoms with Crippen molar-refractivity contribution in [2.75, 3.05) is 13.2 Å². The van der Waals surface area contributed by atoms with E-state index in [0.29, 0.717) is 0 Å². The molecule has 3 N–H and O–H groups in total. The summed E-state index contributed by atoms with van der Waals surface area (Å²) in [5.74, 6) is 0. The second-order valence-electron chi connectivity index (χ2n) is 4.31. The van der Waals surface area contributed by atoms with Crippen LogP contribution in [0.4, 0.5) is 0 Å². The Morgan fingerprint density at radius 3 is 2.88 bits per heavy atom. The van der Waals surface area contributed by atoms with Crippen LogP contribution in [0.5, 0.6) is 0 Å². The minimum atomic E-state index is -1.02. The molecule has 2 rings (SSSR count). The molecule has 0 radical (unpaired) electrons. The molecule has 1 aromatic heterocycles. The Labute approximate surface area is 96.3 Å². The van der Waals surface area contributed by atoms with Crippen LogP contribution in [0.1, 0.15) is 6.92 Å². The van der Waals surface area contributed by atoms with E-state index < -0.39 is 29.0 Å². The molecule has 1 aliphatic rings. The molecule has 1 aromatic rings.